The van der Waals surface area contributed by atoms with E-state index >= 15 is 0 Å². The van der Waals surface area contributed by atoms with Gasteiger partial charge in [-0.3, -0.25) is 4.98 Å². The van der Waals surface area contributed by atoms with Crippen LogP contribution in [0.5, 0.6) is 5.75 Å². The van der Waals surface area contributed by atoms with E-state index in [0.29, 0.717) is 41.2 Å². The fourth-order valence-electron chi connectivity index (χ4n) is 3.94. The summed E-state index contributed by atoms with van der Waals surface area (Å²) in [6, 6.07) is 5.23. The van der Waals surface area contributed by atoms with Crippen molar-refractivity contribution in [2.24, 2.45) is 0 Å². The standard InChI is InChI=1S/C19H19N7O.2C2HF3O2/c1-2-27-15-4-16(19-12(5-20)6-23-26(19)11-15)17-7-22-18(8-21-17)25-9-13-3-14(10-25)24-13;2*3-2(4,5)1(6)7/h4,6-8,11,13-14,24H,2-3,9-10H2,1H3;2*(H,6,7). The molecule has 6 heterocycles. The smallest absolute Gasteiger partial charge is 0.490 e. The van der Waals surface area contributed by atoms with Crippen LogP contribution in [0.25, 0.3) is 16.8 Å². The zero-order valence-electron chi connectivity index (χ0n) is 20.9. The second-order valence-corrected chi connectivity index (χ2v) is 8.55. The van der Waals surface area contributed by atoms with Crippen LogP contribution in [0.2, 0.25) is 0 Å². The number of fused-ring (bicyclic) bond motifs is 3. The van der Waals surface area contributed by atoms with Crippen molar-refractivity contribution in [1.29, 1.82) is 5.26 Å². The van der Waals surface area contributed by atoms with Crippen LogP contribution in [0, 0.1) is 11.3 Å². The second kappa shape index (κ2) is 12.2. The van der Waals surface area contributed by atoms with E-state index in [-0.39, 0.29) is 0 Å². The van der Waals surface area contributed by atoms with Gasteiger partial charge in [0.25, 0.3) is 0 Å². The Bertz CT molecular complexity index is 1400. The van der Waals surface area contributed by atoms with E-state index in [4.69, 9.17) is 24.5 Å². The lowest BCUT2D eigenvalue weighted by Gasteiger charge is -2.48. The van der Waals surface area contributed by atoms with Crippen molar-refractivity contribution in [3.63, 3.8) is 0 Å². The molecule has 0 aliphatic carbocycles. The molecule has 6 rings (SSSR count). The summed E-state index contributed by atoms with van der Waals surface area (Å²) in [6.45, 7) is 4.42. The number of nitrogens with one attached hydrogen (secondary N) is 1. The summed E-state index contributed by atoms with van der Waals surface area (Å²) >= 11 is 0. The average molecular weight is 589 g/mol. The number of aliphatic carboxylic acids is 2. The molecule has 3 aromatic heterocycles. The van der Waals surface area contributed by atoms with Crippen molar-refractivity contribution in [2.45, 2.75) is 37.8 Å². The molecule has 3 aliphatic heterocycles. The van der Waals surface area contributed by atoms with Crippen LogP contribution in [-0.4, -0.2) is 85.9 Å². The van der Waals surface area contributed by atoms with Crippen molar-refractivity contribution in [3.05, 3.63) is 36.4 Å². The lowest BCUT2D eigenvalue weighted by molar-refractivity contribution is -0.193. The van der Waals surface area contributed by atoms with Gasteiger partial charge in [0.1, 0.15) is 17.6 Å². The lowest BCUT2D eigenvalue weighted by atomic mass is 9.91. The minimum absolute atomic E-state index is 0.501. The number of anilines is 1. The molecule has 41 heavy (non-hydrogen) atoms. The first-order valence-electron chi connectivity index (χ1n) is 11.6. The van der Waals surface area contributed by atoms with Crippen LogP contribution in [0.3, 0.4) is 0 Å². The molecule has 3 aliphatic rings. The number of halogens is 6. The number of hydrogen-bond acceptors (Lipinski definition) is 9. The molecular weight excluding hydrogens is 568 g/mol. The zero-order chi connectivity index (χ0) is 30.5. The zero-order valence-corrected chi connectivity index (χ0v) is 20.9. The molecule has 18 heteroatoms. The highest BCUT2D eigenvalue weighted by Gasteiger charge is 2.39. The number of piperidine rings is 1. The third-order valence-electron chi connectivity index (χ3n) is 5.66. The SMILES string of the molecule is CCOc1cc(-c2cnc(N3CC4CC(C3)N4)cn2)c2c(C#N)cnn2c1.O=C(O)C(F)(F)F.O=C(O)C(F)(F)F. The van der Waals surface area contributed by atoms with Gasteiger partial charge in [0, 0.05) is 30.7 Å². The third kappa shape index (κ3) is 7.72. The summed E-state index contributed by atoms with van der Waals surface area (Å²) in [5, 5.41) is 31.5. The number of nitrogens with zero attached hydrogens (tertiary/aromatic N) is 6. The van der Waals surface area contributed by atoms with E-state index in [1.54, 1.807) is 23.1 Å². The molecule has 3 N–H and O–H groups in total. The van der Waals surface area contributed by atoms with Gasteiger partial charge in [0.05, 0.1) is 48.2 Å². The Labute approximate surface area is 226 Å². The van der Waals surface area contributed by atoms with Crippen molar-refractivity contribution in [2.75, 3.05) is 24.6 Å². The Morgan fingerprint density at radius 2 is 1.63 bits per heavy atom. The first-order chi connectivity index (χ1) is 19.1. The molecule has 12 nitrogen and oxygen atoms in total. The number of alkyl halides is 6. The lowest BCUT2D eigenvalue weighted by Crippen LogP contribution is -2.67. The summed E-state index contributed by atoms with van der Waals surface area (Å²) in [4.78, 5) is 29.3. The minimum Gasteiger partial charge on any atom is -0.492 e. The first-order valence-corrected chi connectivity index (χ1v) is 11.6. The van der Waals surface area contributed by atoms with Gasteiger partial charge in [-0.25, -0.2) is 19.1 Å². The van der Waals surface area contributed by atoms with E-state index in [1.807, 2.05) is 19.2 Å². The molecule has 2 unspecified atom stereocenters. The predicted molar refractivity (Wildman–Crippen MR) is 127 cm³/mol. The van der Waals surface area contributed by atoms with Gasteiger partial charge in [0.15, 0.2) is 0 Å². The Hall–Kier alpha value is -4.66. The van der Waals surface area contributed by atoms with Crippen LogP contribution in [0.1, 0.15) is 18.9 Å². The number of carbonyl (C=O) groups is 2. The number of nitriles is 1. The van der Waals surface area contributed by atoms with E-state index in [2.05, 4.69) is 31.4 Å². The summed E-state index contributed by atoms with van der Waals surface area (Å²) in [5.41, 5.74) is 2.70. The topological polar surface area (TPSA) is 166 Å². The number of pyridine rings is 1. The molecule has 2 bridgehead atoms. The molecular formula is C23H21F6N7O5. The molecule has 3 aromatic rings. The molecule has 0 saturated carbocycles. The Morgan fingerprint density at radius 1 is 1.07 bits per heavy atom. The number of carboxylic acids is 2. The molecule has 0 spiro atoms. The van der Waals surface area contributed by atoms with Crippen LogP contribution < -0.4 is 15.0 Å². The van der Waals surface area contributed by atoms with Gasteiger partial charge >= 0.3 is 24.3 Å². The molecule has 220 valence electrons. The second-order valence-electron chi connectivity index (χ2n) is 8.55. The number of ether oxygens (including phenoxy) is 1. The highest BCUT2D eigenvalue weighted by Crippen LogP contribution is 2.31. The van der Waals surface area contributed by atoms with Gasteiger partial charge in [-0.15, -0.1) is 0 Å². The molecule has 0 radical (unpaired) electrons. The average Bonchev–Trinajstić information content (AvgIpc) is 3.31. The number of carboxylic acid groups (broad SMARTS) is 2. The Balaban J connectivity index is 0.000000276. The fraction of sp³-hybridized carbons (Fsp3) is 0.391. The van der Waals surface area contributed by atoms with Gasteiger partial charge in [-0.05, 0) is 19.4 Å². The Kier molecular flexibility index (Phi) is 9.22. The van der Waals surface area contributed by atoms with Gasteiger partial charge in [0.2, 0.25) is 0 Å². The highest BCUT2D eigenvalue weighted by atomic mass is 19.4. The molecule has 0 amide bonds. The maximum atomic E-state index is 10.6. The van der Waals surface area contributed by atoms with E-state index in [0.717, 1.165) is 24.5 Å². The molecule has 3 fully saturated rings. The Morgan fingerprint density at radius 3 is 2.07 bits per heavy atom. The maximum absolute atomic E-state index is 10.6. The van der Waals surface area contributed by atoms with Crippen LogP contribution in [-0.2, 0) is 9.59 Å². The minimum atomic E-state index is -5.08. The normalized spacial score (nSPS) is 17.7. The first kappa shape index (κ1) is 30.9. The number of rotatable bonds is 4. The van der Waals surface area contributed by atoms with Gasteiger partial charge in [-0.2, -0.15) is 36.7 Å². The summed E-state index contributed by atoms with van der Waals surface area (Å²) < 4.78 is 70.8. The van der Waals surface area contributed by atoms with Crippen molar-refractivity contribution < 1.29 is 50.9 Å². The quantitative estimate of drug-likeness (QED) is 0.383. The molecule has 3 saturated heterocycles. The predicted octanol–water partition coefficient (Wildman–Crippen LogP) is 2.88. The number of piperazine rings is 1. The van der Waals surface area contributed by atoms with Crippen LogP contribution in [0.4, 0.5) is 32.2 Å². The summed E-state index contributed by atoms with van der Waals surface area (Å²) in [5.74, 6) is -3.94. The maximum Gasteiger partial charge on any atom is 0.490 e. The van der Waals surface area contributed by atoms with Crippen molar-refractivity contribution >= 4 is 23.3 Å². The van der Waals surface area contributed by atoms with Crippen LogP contribution in [0.15, 0.2) is 30.9 Å². The summed E-state index contributed by atoms with van der Waals surface area (Å²) in [7, 11) is 0. The third-order valence-corrected chi connectivity index (χ3v) is 5.66. The number of hydrogen-bond donors (Lipinski definition) is 3. The van der Waals surface area contributed by atoms with E-state index in [1.165, 1.54) is 6.42 Å². The fourth-order valence-corrected chi connectivity index (χ4v) is 3.94. The van der Waals surface area contributed by atoms with Gasteiger partial charge in [-0.1, -0.05) is 0 Å². The van der Waals surface area contributed by atoms with Crippen LogP contribution >= 0.6 is 0 Å². The van der Waals surface area contributed by atoms with Gasteiger partial charge < -0.3 is 25.2 Å². The monoisotopic (exact) mass is 589 g/mol. The summed E-state index contributed by atoms with van der Waals surface area (Å²) in [6.07, 6.45) is -2.00. The molecule has 2 atom stereocenters. The van der Waals surface area contributed by atoms with Crippen molar-refractivity contribution in [1.82, 2.24) is 24.9 Å². The highest BCUT2D eigenvalue weighted by molar-refractivity contribution is 5.83. The largest absolute Gasteiger partial charge is 0.492 e. The van der Waals surface area contributed by atoms with E-state index < -0.39 is 24.3 Å². The molecule has 0 aromatic carbocycles. The van der Waals surface area contributed by atoms with E-state index in [9.17, 15) is 31.6 Å². The number of aromatic nitrogens is 4. The van der Waals surface area contributed by atoms with Crippen molar-refractivity contribution in [3.8, 4) is 23.1 Å².